The average molecular weight is 256 g/mol. The van der Waals surface area contributed by atoms with Crippen molar-refractivity contribution in [1.82, 2.24) is 0 Å². The van der Waals surface area contributed by atoms with Crippen LogP contribution in [0.1, 0.15) is 25.7 Å². The second-order valence-electron chi connectivity index (χ2n) is 5.22. The first-order chi connectivity index (χ1) is 8.58. The monoisotopic (exact) mass is 256 g/mol. The third-order valence-corrected chi connectivity index (χ3v) is 4.06. The summed E-state index contributed by atoms with van der Waals surface area (Å²) in [6.07, 6.45) is 3.46. The molecule has 3 rings (SSSR count). The highest BCUT2D eigenvalue weighted by molar-refractivity contribution is 5.52. The molecule has 18 heavy (non-hydrogen) atoms. The molecule has 2 unspecified atom stereocenters. The lowest BCUT2D eigenvalue weighted by atomic mass is 9.97. The molecule has 2 bridgehead atoms. The SMILES string of the molecule is NC1CC2CCC(C1)N2c1ccc(F)c(F)c1F. The van der Waals surface area contributed by atoms with Gasteiger partial charge in [0.1, 0.15) is 0 Å². The Hall–Kier alpha value is -1.23. The van der Waals surface area contributed by atoms with Gasteiger partial charge in [-0.1, -0.05) is 0 Å². The molecule has 2 N–H and O–H groups in total. The Balaban J connectivity index is 1.99. The molecule has 2 nitrogen and oxygen atoms in total. The van der Waals surface area contributed by atoms with Crippen LogP contribution in [0.3, 0.4) is 0 Å². The fraction of sp³-hybridized carbons (Fsp3) is 0.538. The number of benzene rings is 1. The van der Waals surface area contributed by atoms with Crippen molar-refractivity contribution in [3.63, 3.8) is 0 Å². The second-order valence-corrected chi connectivity index (χ2v) is 5.22. The zero-order chi connectivity index (χ0) is 12.9. The smallest absolute Gasteiger partial charge is 0.196 e. The highest BCUT2D eigenvalue weighted by Crippen LogP contribution is 2.40. The first-order valence-electron chi connectivity index (χ1n) is 6.25. The molecule has 0 saturated carbocycles. The number of nitrogens with two attached hydrogens (primary N) is 1. The molecule has 5 heteroatoms. The molecule has 1 aromatic rings. The fourth-order valence-electron chi connectivity index (χ4n) is 3.33. The van der Waals surface area contributed by atoms with Gasteiger partial charge < -0.3 is 10.6 Å². The number of hydrogen-bond donors (Lipinski definition) is 1. The van der Waals surface area contributed by atoms with Crippen molar-refractivity contribution in [2.75, 3.05) is 4.90 Å². The lowest BCUT2D eigenvalue weighted by molar-refractivity contribution is 0.400. The summed E-state index contributed by atoms with van der Waals surface area (Å²) in [5.41, 5.74) is 6.11. The highest BCUT2D eigenvalue weighted by Gasteiger charge is 2.41. The normalized spacial score (nSPS) is 30.9. The molecule has 0 aliphatic carbocycles. The number of piperidine rings is 1. The predicted octanol–water partition coefficient (Wildman–Crippen LogP) is 2.56. The summed E-state index contributed by atoms with van der Waals surface area (Å²) in [4.78, 5) is 1.89. The quantitative estimate of drug-likeness (QED) is 0.782. The zero-order valence-corrected chi connectivity index (χ0v) is 9.87. The van der Waals surface area contributed by atoms with Gasteiger partial charge in [0.05, 0.1) is 5.69 Å². The predicted molar refractivity (Wildman–Crippen MR) is 62.8 cm³/mol. The zero-order valence-electron chi connectivity index (χ0n) is 9.87. The average Bonchev–Trinajstić information content (AvgIpc) is 2.59. The van der Waals surface area contributed by atoms with Crippen LogP contribution >= 0.6 is 0 Å². The molecular formula is C13H15F3N2. The summed E-state index contributed by atoms with van der Waals surface area (Å²) in [6.45, 7) is 0. The Labute approximate surface area is 104 Å². The second kappa shape index (κ2) is 4.16. The molecule has 2 heterocycles. The van der Waals surface area contributed by atoms with E-state index in [1.807, 2.05) is 4.90 Å². The molecular weight excluding hydrogens is 241 g/mol. The van der Waals surface area contributed by atoms with Gasteiger partial charge in [0.25, 0.3) is 0 Å². The summed E-state index contributed by atoms with van der Waals surface area (Å²) in [7, 11) is 0. The molecule has 2 aliphatic rings. The van der Waals surface area contributed by atoms with E-state index in [0.29, 0.717) is 0 Å². The summed E-state index contributed by atoms with van der Waals surface area (Å²) < 4.78 is 40.1. The van der Waals surface area contributed by atoms with Crippen molar-refractivity contribution < 1.29 is 13.2 Å². The van der Waals surface area contributed by atoms with E-state index in [1.54, 1.807) is 0 Å². The standard InChI is InChI=1S/C13H15F3N2/c14-10-3-4-11(13(16)12(10)15)18-8-1-2-9(18)6-7(17)5-8/h3-4,7-9H,1-2,5-6,17H2. The van der Waals surface area contributed by atoms with Crippen molar-refractivity contribution in [2.24, 2.45) is 5.73 Å². The number of nitrogens with zero attached hydrogens (tertiary/aromatic N) is 1. The molecule has 0 spiro atoms. The maximum Gasteiger partial charge on any atom is 0.196 e. The van der Waals surface area contributed by atoms with E-state index < -0.39 is 17.5 Å². The molecule has 0 amide bonds. The lowest BCUT2D eigenvalue weighted by Gasteiger charge is -2.39. The van der Waals surface area contributed by atoms with Gasteiger partial charge in [-0.15, -0.1) is 0 Å². The molecule has 2 saturated heterocycles. The Morgan fingerprint density at radius 1 is 1.00 bits per heavy atom. The number of halogens is 3. The maximum absolute atomic E-state index is 13.8. The minimum Gasteiger partial charge on any atom is -0.363 e. The van der Waals surface area contributed by atoms with Gasteiger partial charge in [-0.25, -0.2) is 13.2 Å². The molecule has 2 atom stereocenters. The first-order valence-corrected chi connectivity index (χ1v) is 6.25. The molecule has 0 radical (unpaired) electrons. The van der Waals surface area contributed by atoms with Crippen LogP contribution in [-0.4, -0.2) is 18.1 Å². The van der Waals surface area contributed by atoms with Crippen molar-refractivity contribution in [1.29, 1.82) is 0 Å². The van der Waals surface area contributed by atoms with Gasteiger partial charge in [0.15, 0.2) is 17.5 Å². The Morgan fingerprint density at radius 3 is 2.22 bits per heavy atom. The summed E-state index contributed by atoms with van der Waals surface area (Å²) in [5, 5.41) is 0. The van der Waals surface area contributed by atoms with Crippen LogP contribution in [0, 0.1) is 17.5 Å². The van der Waals surface area contributed by atoms with Gasteiger partial charge in [-0.05, 0) is 37.8 Å². The van der Waals surface area contributed by atoms with Gasteiger partial charge in [-0.2, -0.15) is 0 Å². The lowest BCUT2D eigenvalue weighted by Crippen LogP contribution is -2.48. The fourth-order valence-corrected chi connectivity index (χ4v) is 3.33. The van der Waals surface area contributed by atoms with Crippen LogP contribution < -0.4 is 10.6 Å². The van der Waals surface area contributed by atoms with Crippen molar-refractivity contribution in [2.45, 2.75) is 43.8 Å². The topological polar surface area (TPSA) is 29.3 Å². The molecule has 0 aromatic heterocycles. The molecule has 98 valence electrons. The van der Waals surface area contributed by atoms with Crippen LogP contribution in [0.25, 0.3) is 0 Å². The third-order valence-electron chi connectivity index (χ3n) is 4.06. The molecule has 1 aromatic carbocycles. The van der Waals surface area contributed by atoms with E-state index in [-0.39, 0.29) is 23.8 Å². The van der Waals surface area contributed by atoms with E-state index in [1.165, 1.54) is 6.07 Å². The van der Waals surface area contributed by atoms with E-state index in [9.17, 15) is 13.2 Å². The van der Waals surface area contributed by atoms with Crippen LogP contribution in [0.15, 0.2) is 12.1 Å². The number of hydrogen-bond acceptors (Lipinski definition) is 2. The number of anilines is 1. The van der Waals surface area contributed by atoms with Gasteiger partial charge in [0.2, 0.25) is 0 Å². The maximum atomic E-state index is 13.8. The van der Waals surface area contributed by atoms with E-state index in [2.05, 4.69) is 0 Å². The first kappa shape index (κ1) is 11.8. The van der Waals surface area contributed by atoms with E-state index in [0.717, 1.165) is 31.7 Å². The highest BCUT2D eigenvalue weighted by atomic mass is 19.2. The number of rotatable bonds is 1. The van der Waals surface area contributed by atoms with Gasteiger partial charge in [0, 0.05) is 18.1 Å². The van der Waals surface area contributed by atoms with Gasteiger partial charge in [-0.3, -0.25) is 0 Å². The molecule has 2 fully saturated rings. The minimum atomic E-state index is -1.39. The largest absolute Gasteiger partial charge is 0.363 e. The van der Waals surface area contributed by atoms with Crippen molar-refractivity contribution in [3.05, 3.63) is 29.6 Å². The third kappa shape index (κ3) is 1.68. The van der Waals surface area contributed by atoms with E-state index in [4.69, 9.17) is 5.73 Å². The van der Waals surface area contributed by atoms with Crippen LogP contribution in [0.2, 0.25) is 0 Å². The minimum absolute atomic E-state index is 0.132. The summed E-state index contributed by atoms with van der Waals surface area (Å²) in [6, 6.07) is 2.75. The van der Waals surface area contributed by atoms with E-state index >= 15 is 0 Å². The Bertz CT molecular complexity index is 464. The summed E-state index contributed by atoms with van der Waals surface area (Å²) in [5.74, 6) is -3.61. The van der Waals surface area contributed by atoms with Crippen LogP contribution in [-0.2, 0) is 0 Å². The Morgan fingerprint density at radius 2 is 1.61 bits per heavy atom. The van der Waals surface area contributed by atoms with Crippen molar-refractivity contribution >= 4 is 5.69 Å². The van der Waals surface area contributed by atoms with Crippen LogP contribution in [0.4, 0.5) is 18.9 Å². The van der Waals surface area contributed by atoms with Crippen LogP contribution in [0.5, 0.6) is 0 Å². The van der Waals surface area contributed by atoms with Crippen molar-refractivity contribution in [3.8, 4) is 0 Å². The van der Waals surface area contributed by atoms with Gasteiger partial charge >= 0.3 is 0 Å². The molecule has 2 aliphatic heterocycles. The summed E-state index contributed by atoms with van der Waals surface area (Å²) >= 11 is 0. The Kier molecular flexibility index (Phi) is 2.73. The number of fused-ring (bicyclic) bond motifs is 2.